The predicted octanol–water partition coefficient (Wildman–Crippen LogP) is 8.62. The zero-order valence-corrected chi connectivity index (χ0v) is 24.7. The molecule has 5 rings (SSSR count). The molecule has 0 N–H and O–H groups in total. The van der Waals surface area contributed by atoms with Crippen LogP contribution in [0.25, 0.3) is 0 Å². The van der Waals surface area contributed by atoms with Gasteiger partial charge in [-0.05, 0) is 72.7 Å². The molecule has 0 bridgehead atoms. The van der Waals surface area contributed by atoms with Gasteiger partial charge in [-0.25, -0.2) is 0 Å². The number of anilines is 2. The summed E-state index contributed by atoms with van der Waals surface area (Å²) in [4.78, 5) is 4.60. The molecule has 0 saturated carbocycles. The number of para-hydroxylation sites is 2. The van der Waals surface area contributed by atoms with Crippen LogP contribution in [-0.2, 0) is 15.6 Å². The Morgan fingerprint density at radius 3 is 2.21 bits per heavy atom. The summed E-state index contributed by atoms with van der Waals surface area (Å²) < 4.78 is 6.58. The Labute approximate surface area is 234 Å². The molecular weight excluding hydrogens is 488 g/mol. The zero-order chi connectivity index (χ0) is 27.3. The Morgan fingerprint density at radius 2 is 1.55 bits per heavy atom. The molecule has 3 nitrogen and oxygen atoms in total. The Morgan fingerprint density at radius 1 is 0.895 bits per heavy atom. The van der Waals surface area contributed by atoms with Crippen molar-refractivity contribution in [3.63, 3.8) is 0 Å². The number of rotatable bonds is 5. The molecule has 200 valence electrons. The second-order valence-corrected chi connectivity index (χ2v) is 12.2. The van der Waals surface area contributed by atoms with Gasteiger partial charge < -0.3 is 14.5 Å². The van der Waals surface area contributed by atoms with Crippen LogP contribution in [0.1, 0.15) is 65.0 Å². The van der Waals surface area contributed by atoms with Gasteiger partial charge in [-0.1, -0.05) is 87.8 Å². The van der Waals surface area contributed by atoms with E-state index in [2.05, 4.69) is 131 Å². The van der Waals surface area contributed by atoms with Gasteiger partial charge in [0.15, 0.2) is 5.72 Å². The summed E-state index contributed by atoms with van der Waals surface area (Å²) in [6, 6.07) is 17.3. The Kier molecular flexibility index (Phi) is 6.90. The number of fused-ring (bicyclic) bond motifs is 2. The van der Waals surface area contributed by atoms with Crippen molar-refractivity contribution < 1.29 is 4.74 Å². The van der Waals surface area contributed by atoms with Gasteiger partial charge in [0.05, 0.1) is 0 Å². The monoisotopic (exact) mass is 528 g/mol. The standard InChI is InChI=1S/C34H41ClN2O/c1-8-38-34(33(4,5)27-17-10-12-19-29(27)37(34)7)23-22-25-15-13-14-24(31(25)35)20-21-30-32(2,3)26-16-9-11-18-28(26)36(30)6/h9-12,16-23H,8,13-15H2,1-7H3/b23-22+,24-20+,30-21-. The number of allylic oxidation sites excluding steroid dienone is 7. The average Bonchev–Trinajstić information content (AvgIpc) is 3.20. The first-order valence-electron chi connectivity index (χ1n) is 13.9. The van der Waals surface area contributed by atoms with Gasteiger partial charge in [0.25, 0.3) is 0 Å². The van der Waals surface area contributed by atoms with E-state index in [1.807, 2.05) is 0 Å². The van der Waals surface area contributed by atoms with Crippen LogP contribution in [-0.4, -0.2) is 26.4 Å². The fraction of sp³-hybridized carbons (Fsp3) is 0.412. The highest BCUT2D eigenvalue weighted by Crippen LogP contribution is 2.52. The number of likely N-dealkylation sites (N-methyl/N-ethyl adjacent to an activating group) is 2. The third kappa shape index (κ3) is 3.98. The van der Waals surface area contributed by atoms with E-state index in [4.69, 9.17) is 16.3 Å². The van der Waals surface area contributed by atoms with E-state index in [1.54, 1.807) is 0 Å². The maximum atomic E-state index is 7.10. The number of ether oxygens (including phenoxy) is 1. The van der Waals surface area contributed by atoms with E-state index < -0.39 is 5.72 Å². The van der Waals surface area contributed by atoms with Gasteiger partial charge in [-0.2, -0.15) is 0 Å². The molecule has 0 amide bonds. The largest absolute Gasteiger partial charge is 0.351 e. The van der Waals surface area contributed by atoms with Crippen molar-refractivity contribution in [1.29, 1.82) is 0 Å². The van der Waals surface area contributed by atoms with Gasteiger partial charge in [-0.3, -0.25) is 0 Å². The lowest BCUT2D eigenvalue weighted by molar-refractivity contribution is -0.0404. The lowest BCUT2D eigenvalue weighted by Gasteiger charge is -2.44. The molecule has 0 aromatic heterocycles. The topological polar surface area (TPSA) is 15.7 Å². The molecule has 2 aromatic carbocycles. The third-order valence-electron chi connectivity index (χ3n) is 9.05. The molecule has 2 aliphatic heterocycles. The van der Waals surface area contributed by atoms with Crippen molar-refractivity contribution in [1.82, 2.24) is 0 Å². The summed E-state index contributed by atoms with van der Waals surface area (Å²) in [6.45, 7) is 11.9. The number of nitrogens with zero attached hydrogens (tertiary/aromatic N) is 2. The van der Waals surface area contributed by atoms with Crippen LogP contribution in [0, 0.1) is 0 Å². The Bertz CT molecular complexity index is 1360. The number of hydrogen-bond donors (Lipinski definition) is 0. The van der Waals surface area contributed by atoms with E-state index in [1.165, 1.54) is 39.3 Å². The first kappa shape index (κ1) is 26.8. The highest BCUT2D eigenvalue weighted by atomic mass is 35.5. The Balaban J connectivity index is 1.49. The molecule has 38 heavy (non-hydrogen) atoms. The molecular formula is C34H41ClN2O. The van der Waals surface area contributed by atoms with E-state index in [9.17, 15) is 0 Å². The SMILES string of the molecule is CCOC1(/C=C/C2=C(Cl)C(=C/C=C3\N(C)c4ccccc4C3(C)C)/CCC2)N(C)c2ccccc2C1(C)C. The molecule has 0 fully saturated rings. The summed E-state index contributed by atoms with van der Waals surface area (Å²) in [5.74, 6) is 0. The van der Waals surface area contributed by atoms with E-state index >= 15 is 0 Å². The quantitative estimate of drug-likeness (QED) is 0.386. The van der Waals surface area contributed by atoms with Gasteiger partial charge in [-0.15, -0.1) is 0 Å². The van der Waals surface area contributed by atoms with Crippen LogP contribution >= 0.6 is 11.6 Å². The first-order valence-corrected chi connectivity index (χ1v) is 14.2. The molecule has 0 radical (unpaired) electrons. The molecule has 3 aliphatic rings. The molecule has 0 spiro atoms. The van der Waals surface area contributed by atoms with Crippen LogP contribution in [0.2, 0.25) is 0 Å². The van der Waals surface area contributed by atoms with E-state index in [-0.39, 0.29) is 10.8 Å². The molecule has 1 unspecified atom stereocenters. The van der Waals surface area contributed by atoms with Gasteiger partial charge in [0.2, 0.25) is 0 Å². The van der Waals surface area contributed by atoms with Crippen LogP contribution in [0.3, 0.4) is 0 Å². The minimum atomic E-state index is -0.582. The minimum absolute atomic E-state index is 0.0481. The van der Waals surface area contributed by atoms with Crippen molar-refractivity contribution in [3.05, 3.63) is 106 Å². The highest BCUT2D eigenvalue weighted by Gasteiger charge is 2.55. The van der Waals surface area contributed by atoms with Crippen LogP contribution in [0.4, 0.5) is 11.4 Å². The molecule has 2 aromatic rings. The predicted molar refractivity (Wildman–Crippen MR) is 162 cm³/mol. The maximum Gasteiger partial charge on any atom is 0.169 e. The lowest BCUT2D eigenvalue weighted by Crippen LogP contribution is -2.55. The highest BCUT2D eigenvalue weighted by molar-refractivity contribution is 6.32. The molecule has 1 atom stereocenters. The number of benzene rings is 2. The van der Waals surface area contributed by atoms with E-state index in [0.29, 0.717) is 6.61 Å². The molecule has 2 heterocycles. The zero-order valence-electron chi connectivity index (χ0n) is 23.9. The Hall–Kier alpha value is -2.75. The fourth-order valence-corrected chi connectivity index (χ4v) is 7.17. The summed E-state index contributed by atoms with van der Waals surface area (Å²) in [7, 11) is 4.30. The number of halogens is 1. The lowest BCUT2D eigenvalue weighted by atomic mass is 9.77. The second-order valence-electron chi connectivity index (χ2n) is 11.8. The summed E-state index contributed by atoms with van der Waals surface area (Å²) in [5, 5.41) is 0.878. The maximum absolute atomic E-state index is 7.10. The van der Waals surface area contributed by atoms with Crippen molar-refractivity contribution in [2.75, 3.05) is 30.5 Å². The van der Waals surface area contributed by atoms with Gasteiger partial charge in [0.1, 0.15) is 0 Å². The molecule has 1 aliphatic carbocycles. The van der Waals surface area contributed by atoms with Crippen LogP contribution < -0.4 is 9.80 Å². The van der Waals surface area contributed by atoms with Crippen molar-refractivity contribution in [3.8, 4) is 0 Å². The summed E-state index contributed by atoms with van der Waals surface area (Å²) in [5.41, 5.74) is 8.01. The fourth-order valence-electron chi connectivity index (χ4n) is 6.85. The van der Waals surface area contributed by atoms with Crippen molar-refractivity contribution >= 4 is 23.0 Å². The average molecular weight is 529 g/mol. The van der Waals surface area contributed by atoms with E-state index in [0.717, 1.165) is 24.3 Å². The molecule has 0 saturated heterocycles. The van der Waals surface area contributed by atoms with Crippen LogP contribution in [0.5, 0.6) is 0 Å². The number of hydrogen-bond acceptors (Lipinski definition) is 3. The third-order valence-corrected chi connectivity index (χ3v) is 9.53. The molecule has 4 heteroatoms. The van der Waals surface area contributed by atoms with Gasteiger partial charge >= 0.3 is 0 Å². The summed E-state index contributed by atoms with van der Waals surface area (Å²) >= 11 is 7.10. The second kappa shape index (κ2) is 9.77. The minimum Gasteiger partial charge on any atom is -0.351 e. The van der Waals surface area contributed by atoms with Crippen LogP contribution in [0.15, 0.2) is 94.7 Å². The normalized spacial score (nSPS) is 26.1. The first-order chi connectivity index (χ1) is 18.1. The summed E-state index contributed by atoms with van der Waals surface area (Å²) in [6.07, 6.45) is 12.0. The van der Waals surface area contributed by atoms with Crippen molar-refractivity contribution in [2.45, 2.75) is 70.4 Å². The van der Waals surface area contributed by atoms with Crippen molar-refractivity contribution in [2.24, 2.45) is 0 Å². The van der Waals surface area contributed by atoms with Gasteiger partial charge in [0, 0.05) is 53.6 Å². The smallest absolute Gasteiger partial charge is 0.169 e.